The Morgan fingerprint density at radius 2 is 2.03 bits per heavy atom. The molecule has 0 spiro atoms. The highest BCUT2D eigenvalue weighted by Crippen LogP contribution is 2.38. The van der Waals surface area contributed by atoms with Gasteiger partial charge in [0.15, 0.2) is 0 Å². The quantitative estimate of drug-likeness (QED) is 0.694. The van der Waals surface area contributed by atoms with Crippen molar-refractivity contribution in [2.45, 2.75) is 44.4 Å². The van der Waals surface area contributed by atoms with Crippen LogP contribution >= 0.6 is 0 Å². The molecule has 1 heterocycles. The van der Waals surface area contributed by atoms with Gasteiger partial charge in [0.2, 0.25) is 5.91 Å². The van der Waals surface area contributed by atoms with Crippen molar-refractivity contribution in [1.29, 1.82) is 0 Å². The maximum atomic E-state index is 13.0. The number of nitrogens with one attached hydrogen (secondary N) is 1. The average molecular weight is 417 g/mol. The van der Waals surface area contributed by atoms with Crippen molar-refractivity contribution in [2.24, 2.45) is 0 Å². The zero-order chi connectivity index (χ0) is 21.3. The molecule has 2 N–H and O–H groups in total. The molecule has 0 aromatic heterocycles. The van der Waals surface area contributed by atoms with Gasteiger partial charge in [-0.15, -0.1) is 0 Å². The minimum atomic E-state index is -4.46. The van der Waals surface area contributed by atoms with E-state index in [0.717, 1.165) is 29.7 Å². The summed E-state index contributed by atoms with van der Waals surface area (Å²) >= 11 is 0. The molecule has 2 aromatic rings. The van der Waals surface area contributed by atoms with Crippen LogP contribution in [0.15, 0.2) is 42.5 Å². The predicted molar refractivity (Wildman–Crippen MR) is 107 cm³/mol. The number of aliphatic hydroxyl groups excluding tert-OH is 1. The number of anilines is 1. The number of benzene rings is 2. The lowest BCUT2D eigenvalue weighted by Crippen LogP contribution is -2.21. The van der Waals surface area contributed by atoms with Gasteiger partial charge in [-0.2, -0.15) is 13.2 Å². The van der Waals surface area contributed by atoms with E-state index in [0.29, 0.717) is 42.5 Å². The smallest absolute Gasteiger partial charge is 0.416 e. The van der Waals surface area contributed by atoms with Crippen LogP contribution in [-0.4, -0.2) is 23.7 Å². The van der Waals surface area contributed by atoms with Crippen LogP contribution in [0.4, 0.5) is 18.9 Å². The maximum Gasteiger partial charge on any atom is 0.416 e. The van der Waals surface area contributed by atoms with Gasteiger partial charge < -0.3 is 15.2 Å². The van der Waals surface area contributed by atoms with E-state index in [1.807, 2.05) is 12.1 Å². The van der Waals surface area contributed by atoms with Crippen LogP contribution in [0.5, 0.6) is 5.75 Å². The number of carbonyl (C=O) groups is 1. The SMILES string of the molecule is O=C(C=C1CCCOc2cc(C(F)(F)F)ccc21)Nc1cccc2c1CC(O)CC2. The molecular weight excluding hydrogens is 395 g/mol. The summed E-state index contributed by atoms with van der Waals surface area (Å²) < 4.78 is 44.6. The number of hydrogen-bond acceptors (Lipinski definition) is 3. The van der Waals surface area contributed by atoms with Crippen molar-refractivity contribution < 1.29 is 27.8 Å². The normalized spacial score (nSPS) is 20.0. The Balaban J connectivity index is 1.61. The van der Waals surface area contributed by atoms with Gasteiger partial charge in [-0.3, -0.25) is 4.79 Å². The second kappa shape index (κ2) is 8.14. The minimum absolute atomic E-state index is 0.140. The summed E-state index contributed by atoms with van der Waals surface area (Å²) in [4.78, 5) is 12.7. The maximum absolute atomic E-state index is 13.0. The molecule has 1 amide bonds. The molecule has 4 rings (SSSR count). The Kier molecular flexibility index (Phi) is 5.56. The zero-order valence-corrected chi connectivity index (χ0v) is 16.3. The van der Waals surface area contributed by atoms with Crippen LogP contribution in [0.3, 0.4) is 0 Å². The van der Waals surface area contributed by atoms with Crippen LogP contribution in [0.2, 0.25) is 0 Å². The standard InChI is InChI=1S/C23H22F3NO3/c24-23(25,26)16-7-9-18-15(4-2-10-30-21(18)12-16)11-22(29)27-20-5-1-3-14-6-8-17(28)13-19(14)20/h1,3,5,7,9,11-12,17,28H,2,4,6,8,10,13H2,(H,27,29). The molecule has 7 heteroatoms. The Hall–Kier alpha value is -2.80. The van der Waals surface area contributed by atoms with Crippen molar-refractivity contribution >= 4 is 17.2 Å². The van der Waals surface area contributed by atoms with E-state index in [-0.39, 0.29) is 18.3 Å². The molecular formula is C23H22F3NO3. The van der Waals surface area contributed by atoms with Crippen LogP contribution in [0.1, 0.15) is 41.5 Å². The Bertz CT molecular complexity index is 998. The fourth-order valence-corrected chi connectivity index (χ4v) is 4.03. The van der Waals surface area contributed by atoms with E-state index in [9.17, 15) is 23.1 Å². The molecule has 2 aromatic carbocycles. The number of rotatable bonds is 2. The van der Waals surface area contributed by atoms with Crippen LogP contribution in [-0.2, 0) is 23.8 Å². The van der Waals surface area contributed by atoms with Crippen LogP contribution < -0.4 is 10.1 Å². The van der Waals surface area contributed by atoms with Gasteiger partial charge in [0.05, 0.1) is 18.3 Å². The largest absolute Gasteiger partial charge is 0.493 e. The van der Waals surface area contributed by atoms with Crippen molar-refractivity contribution in [1.82, 2.24) is 0 Å². The lowest BCUT2D eigenvalue weighted by atomic mass is 9.88. The number of carbonyl (C=O) groups excluding carboxylic acids is 1. The number of aliphatic hydroxyl groups is 1. The lowest BCUT2D eigenvalue weighted by molar-refractivity contribution is -0.137. The molecule has 0 saturated carbocycles. The van der Waals surface area contributed by atoms with Crippen molar-refractivity contribution in [3.63, 3.8) is 0 Å². The van der Waals surface area contributed by atoms with E-state index < -0.39 is 17.8 Å². The first kappa shape index (κ1) is 20.5. The fraction of sp³-hybridized carbons (Fsp3) is 0.348. The highest BCUT2D eigenvalue weighted by atomic mass is 19.4. The topological polar surface area (TPSA) is 58.6 Å². The second-order valence-electron chi connectivity index (χ2n) is 7.66. The van der Waals surface area contributed by atoms with E-state index in [2.05, 4.69) is 5.32 Å². The molecule has 0 fully saturated rings. The Morgan fingerprint density at radius 3 is 2.83 bits per heavy atom. The molecule has 1 atom stereocenters. The number of halogens is 3. The molecule has 30 heavy (non-hydrogen) atoms. The van der Waals surface area contributed by atoms with Gasteiger partial charge in [-0.25, -0.2) is 0 Å². The van der Waals surface area contributed by atoms with Crippen molar-refractivity contribution in [3.8, 4) is 5.75 Å². The molecule has 1 aliphatic heterocycles. The average Bonchev–Trinajstić information content (AvgIpc) is 2.89. The van der Waals surface area contributed by atoms with Crippen LogP contribution in [0, 0.1) is 0 Å². The number of hydrogen-bond donors (Lipinski definition) is 2. The van der Waals surface area contributed by atoms with E-state index >= 15 is 0 Å². The third-order valence-corrected chi connectivity index (χ3v) is 5.53. The first-order chi connectivity index (χ1) is 14.3. The predicted octanol–water partition coefficient (Wildman–Crippen LogP) is 4.75. The van der Waals surface area contributed by atoms with Gasteiger partial charge in [0, 0.05) is 23.7 Å². The summed E-state index contributed by atoms with van der Waals surface area (Å²) in [6.07, 6.45) is -0.387. The second-order valence-corrected chi connectivity index (χ2v) is 7.66. The molecule has 158 valence electrons. The number of allylic oxidation sites excluding steroid dienone is 1. The van der Waals surface area contributed by atoms with Gasteiger partial charge in [-0.05, 0) is 60.6 Å². The summed E-state index contributed by atoms with van der Waals surface area (Å²) in [5.41, 5.74) is 3.06. The molecule has 0 radical (unpaired) electrons. The Labute approximate surface area is 172 Å². The summed E-state index contributed by atoms with van der Waals surface area (Å²) in [5.74, 6) is -0.215. The van der Waals surface area contributed by atoms with Gasteiger partial charge in [0.25, 0.3) is 0 Å². The van der Waals surface area contributed by atoms with Gasteiger partial charge >= 0.3 is 6.18 Å². The summed E-state index contributed by atoms with van der Waals surface area (Å²) in [5, 5.41) is 12.9. The molecule has 4 nitrogen and oxygen atoms in total. The van der Waals surface area contributed by atoms with Crippen LogP contribution in [0.25, 0.3) is 5.57 Å². The molecule has 0 saturated heterocycles. The molecule has 1 unspecified atom stereocenters. The highest BCUT2D eigenvalue weighted by molar-refractivity contribution is 6.04. The number of amides is 1. The van der Waals surface area contributed by atoms with Gasteiger partial charge in [-0.1, -0.05) is 18.2 Å². The third-order valence-electron chi connectivity index (χ3n) is 5.53. The number of aryl methyl sites for hydroxylation is 1. The number of ether oxygens (including phenoxy) is 1. The first-order valence-electron chi connectivity index (χ1n) is 9.96. The molecule has 2 aliphatic rings. The number of alkyl halides is 3. The minimum Gasteiger partial charge on any atom is -0.493 e. The van der Waals surface area contributed by atoms with Crippen molar-refractivity contribution in [3.05, 3.63) is 64.7 Å². The van der Waals surface area contributed by atoms with E-state index in [4.69, 9.17) is 4.74 Å². The summed E-state index contributed by atoms with van der Waals surface area (Å²) in [6.45, 7) is 0.289. The first-order valence-corrected chi connectivity index (χ1v) is 9.96. The fourth-order valence-electron chi connectivity index (χ4n) is 4.03. The Morgan fingerprint density at radius 1 is 1.20 bits per heavy atom. The van der Waals surface area contributed by atoms with Gasteiger partial charge in [0.1, 0.15) is 5.75 Å². The van der Waals surface area contributed by atoms with E-state index in [1.54, 1.807) is 6.07 Å². The molecule has 0 bridgehead atoms. The summed E-state index contributed by atoms with van der Waals surface area (Å²) in [7, 11) is 0. The lowest BCUT2D eigenvalue weighted by Gasteiger charge is -2.23. The highest BCUT2D eigenvalue weighted by Gasteiger charge is 2.32. The zero-order valence-electron chi connectivity index (χ0n) is 16.3. The van der Waals surface area contributed by atoms with E-state index in [1.165, 1.54) is 12.1 Å². The summed E-state index contributed by atoms with van der Waals surface area (Å²) in [6, 6.07) is 9.02. The number of fused-ring (bicyclic) bond motifs is 2. The van der Waals surface area contributed by atoms with Crippen molar-refractivity contribution in [2.75, 3.05) is 11.9 Å². The molecule has 1 aliphatic carbocycles. The monoisotopic (exact) mass is 417 g/mol. The third kappa shape index (κ3) is 4.36.